The summed E-state index contributed by atoms with van der Waals surface area (Å²) in [6.45, 7) is 1.57. The fourth-order valence-electron chi connectivity index (χ4n) is 5.13. The smallest absolute Gasteiger partial charge is 0.312 e. The average Bonchev–Trinajstić information content (AvgIpc) is 3.13. The lowest BCUT2D eigenvalue weighted by atomic mass is 9.41. The number of carbonyl (C=O) groups is 2. The van der Waals surface area contributed by atoms with Crippen molar-refractivity contribution in [1.82, 2.24) is 25.0 Å². The summed E-state index contributed by atoms with van der Waals surface area (Å²) in [4.78, 5) is 33.3. The molecule has 2 bridgehead atoms. The van der Waals surface area contributed by atoms with Crippen molar-refractivity contribution in [2.45, 2.75) is 50.8 Å². The first-order valence-corrected chi connectivity index (χ1v) is 11.5. The number of nitrogens with zero attached hydrogens (tertiary/aromatic N) is 5. The Balaban J connectivity index is 1.26. The van der Waals surface area contributed by atoms with Crippen LogP contribution in [0.1, 0.15) is 60.3 Å². The van der Waals surface area contributed by atoms with Crippen LogP contribution in [0.2, 0.25) is 5.15 Å². The average molecular weight is 502 g/mol. The lowest BCUT2D eigenvalue weighted by molar-refractivity contribution is -0.210. The van der Waals surface area contributed by atoms with Gasteiger partial charge in [0, 0.05) is 30.8 Å². The third kappa shape index (κ3) is 4.42. The van der Waals surface area contributed by atoms with Crippen LogP contribution in [-0.2, 0) is 23.0 Å². The van der Waals surface area contributed by atoms with E-state index in [2.05, 4.69) is 20.3 Å². The fourth-order valence-corrected chi connectivity index (χ4v) is 5.38. The van der Waals surface area contributed by atoms with E-state index in [9.17, 15) is 18.4 Å². The molecule has 0 N–H and O–H groups in total. The lowest BCUT2D eigenvalue weighted by Gasteiger charge is -2.65. The van der Waals surface area contributed by atoms with Crippen LogP contribution in [0.4, 0.5) is 8.78 Å². The molecule has 1 atom stereocenters. The van der Waals surface area contributed by atoms with E-state index in [0.717, 1.165) is 6.20 Å². The number of aryl methyl sites for hydroxylation is 1. The standard InChI is InChI=1S/C24H22ClF2N5O3/c1-13(16-5-15(26)9-29-22(16)25)35-20(34)6-18-21(30-31-32(18)2)17-4-3-14(8-28-17)19(33)7-23-10-24(27,11-23)12-23/h3-5,8-9,13H,6-7,10-12H2,1-2H3/t13-,23?,24?/m1/s1. The van der Waals surface area contributed by atoms with Crippen molar-refractivity contribution < 1.29 is 23.1 Å². The van der Waals surface area contributed by atoms with Crippen molar-refractivity contribution in [1.29, 1.82) is 0 Å². The van der Waals surface area contributed by atoms with E-state index in [1.54, 1.807) is 26.1 Å². The molecule has 35 heavy (non-hydrogen) atoms. The summed E-state index contributed by atoms with van der Waals surface area (Å²) in [6, 6.07) is 4.46. The van der Waals surface area contributed by atoms with Gasteiger partial charge in [0.15, 0.2) is 5.78 Å². The van der Waals surface area contributed by atoms with E-state index in [0.29, 0.717) is 48.3 Å². The second-order valence-corrected chi connectivity index (χ2v) is 9.92. The zero-order chi connectivity index (χ0) is 25.0. The van der Waals surface area contributed by atoms with E-state index in [1.807, 2.05) is 0 Å². The van der Waals surface area contributed by atoms with Gasteiger partial charge >= 0.3 is 5.97 Å². The molecule has 0 aliphatic heterocycles. The molecule has 3 aromatic heterocycles. The Morgan fingerprint density at radius 1 is 1.23 bits per heavy atom. The van der Waals surface area contributed by atoms with Gasteiger partial charge < -0.3 is 4.74 Å². The predicted octanol–water partition coefficient (Wildman–Crippen LogP) is 4.38. The fraction of sp³-hybridized carbons (Fsp3) is 0.417. The van der Waals surface area contributed by atoms with E-state index in [-0.39, 0.29) is 28.3 Å². The number of pyridine rings is 2. The number of carbonyl (C=O) groups excluding carboxylic acids is 2. The van der Waals surface area contributed by atoms with Crippen molar-refractivity contribution in [3.63, 3.8) is 0 Å². The van der Waals surface area contributed by atoms with Crippen LogP contribution >= 0.6 is 11.6 Å². The number of Topliss-reactive ketones (excluding diaryl/α,β-unsaturated/α-hetero) is 1. The summed E-state index contributed by atoms with van der Waals surface area (Å²) in [6.07, 6.45) is 3.19. The summed E-state index contributed by atoms with van der Waals surface area (Å²) in [5.41, 5.74) is 0.767. The highest BCUT2D eigenvalue weighted by Gasteiger charge is 2.69. The Morgan fingerprint density at radius 3 is 2.63 bits per heavy atom. The minimum absolute atomic E-state index is 0.0478. The Bertz CT molecular complexity index is 1310. The molecule has 0 unspecified atom stereocenters. The van der Waals surface area contributed by atoms with Crippen LogP contribution in [0.15, 0.2) is 30.6 Å². The molecule has 8 nitrogen and oxygen atoms in total. The number of esters is 1. The maximum Gasteiger partial charge on any atom is 0.312 e. The van der Waals surface area contributed by atoms with Crippen molar-refractivity contribution in [2.75, 3.05) is 0 Å². The molecule has 182 valence electrons. The third-order valence-corrected chi connectivity index (χ3v) is 7.09. The molecule has 0 saturated heterocycles. The van der Waals surface area contributed by atoms with Crippen molar-refractivity contribution in [2.24, 2.45) is 12.5 Å². The maximum atomic E-state index is 13.7. The third-order valence-electron chi connectivity index (χ3n) is 6.77. The molecule has 3 heterocycles. The summed E-state index contributed by atoms with van der Waals surface area (Å²) in [5, 5.41) is 8.14. The number of hydrogen-bond acceptors (Lipinski definition) is 7. The highest BCUT2D eigenvalue weighted by atomic mass is 35.5. The quantitative estimate of drug-likeness (QED) is 0.256. The number of ketones is 1. The second kappa shape index (κ2) is 8.44. The molecule has 3 aliphatic rings. The molecule has 3 aromatic rings. The number of alkyl halides is 1. The van der Waals surface area contributed by atoms with E-state index in [4.69, 9.17) is 16.3 Å². The van der Waals surface area contributed by atoms with Gasteiger partial charge in [-0.25, -0.2) is 13.8 Å². The van der Waals surface area contributed by atoms with Crippen molar-refractivity contribution >= 4 is 23.4 Å². The molecule has 3 fully saturated rings. The lowest BCUT2D eigenvalue weighted by Crippen LogP contribution is -2.64. The minimum atomic E-state index is -1.04. The normalized spacial score (nSPS) is 23.2. The molecule has 0 spiro atoms. The van der Waals surface area contributed by atoms with Crippen molar-refractivity contribution in [3.05, 3.63) is 58.4 Å². The second-order valence-electron chi connectivity index (χ2n) is 9.56. The first-order chi connectivity index (χ1) is 16.6. The predicted molar refractivity (Wildman–Crippen MR) is 121 cm³/mol. The van der Waals surface area contributed by atoms with Crippen LogP contribution in [0, 0.1) is 11.2 Å². The first kappa shape index (κ1) is 23.5. The minimum Gasteiger partial charge on any atom is -0.457 e. The van der Waals surface area contributed by atoms with Gasteiger partial charge in [-0.05, 0) is 49.8 Å². The van der Waals surface area contributed by atoms with Gasteiger partial charge in [0.25, 0.3) is 0 Å². The van der Waals surface area contributed by atoms with E-state index in [1.165, 1.54) is 16.9 Å². The highest BCUT2D eigenvalue weighted by Crippen LogP contribution is 2.71. The monoisotopic (exact) mass is 501 g/mol. The summed E-state index contributed by atoms with van der Waals surface area (Å²) >= 11 is 6.00. The molecule has 3 aliphatic carbocycles. The van der Waals surface area contributed by atoms with Gasteiger partial charge in [-0.1, -0.05) is 16.8 Å². The summed E-state index contributed by atoms with van der Waals surface area (Å²) < 4.78 is 34.1. The zero-order valence-electron chi connectivity index (χ0n) is 19.1. The Morgan fingerprint density at radius 2 is 1.97 bits per heavy atom. The molecule has 3 saturated carbocycles. The molecular weight excluding hydrogens is 480 g/mol. The molecule has 0 radical (unpaired) electrons. The van der Waals surface area contributed by atoms with Gasteiger partial charge in [-0.3, -0.25) is 19.3 Å². The van der Waals surface area contributed by atoms with Crippen LogP contribution < -0.4 is 0 Å². The number of aromatic nitrogens is 5. The number of halogens is 3. The van der Waals surface area contributed by atoms with Gasteiger partial charge in [-0.15, -0.1) is 5.10 Å². The van der Waals surface area contributed by atoms with Crippen LogP contribution in [0.5, 0.6) is 0 Å². The Labute approximate surface area is 204 Å². The molecule has 0 amide bonds. The zero-order valence-corrected chi connectivity index (χ0v) is 19.9. The Hall–Kier alpha value is -3.27. The van der Waals surface area contributed by atoms with E-state index < -0.39 is 23.6 Å². The topological polar surface area (TPSA) is 99.9 Å². The van der Waals surface area contributed by atoms with Crippen LogP contribution in [0.3, 0.4) is 0 Å². The van der Waals surface area contributed by atoms with Gasteiger partial charge in [0.05, 0.1) is 24.0 Å². The number of hydrogen-bond donors (Lipinski definition) is 0. The molecular formula is C24H22ClF2N5O3. The molecule has 11 heteroatoms. The summed E-state index contributed by atoms with van der Waals surface area (Å²) in [5.74, 6) is -1.25. The van der Waals surface area contributed by atoms with Crippen LogP contribution in [0.25, 0.3) is 11.4 Å². The van der Waals surface area contributed by atoms with Crippen LogP contribution in [-0.4, -0.2) is 42.4 Å². The largest absolute Gasteiger partial charge is 0.457 e. The highest BCUT2D eigenvalue weighted by molar-refractivity contribution is 6.30. The van der Waals surface area contributed by atoms with Gasteiger partial charge in [-0.2, -0.15) is 0 Å². The number of rotatable bonds is 8. The van der Waals surface area contributed by atoms with E-state index >= 15 is 0 Å². The summed E-state index contributed by atoms with van der Waals surface area (Å²) in [7, 11) is 1.63. The molecule has 0 aromatic carbocycles. The van der Waals surface area contributed by atoms with Gasteiger partial charge in [0.1, 0.15) is 28.4 Å². The maximum absolute atomic E-state index is 13.7. The van der Waals surface area contributed by atoms with Crippen molar-refractivity contribution in [3.8, 4) is 11.4 Å². The Kier molecular flexibility index (Phi) is 5.66. The first-order valence-electron chi connectivity index (χ1n) is 11.1. The SMILES string of the molecule is C[C@@H](OC(=O)Cc1c(-c2ccc(C(=O)CC34CC(F)(C3)C4)cn2)nnn1C)c1cc(F)cnc1Cl. The van der Waals surface area contributed by atoms with Gasteiger partial charge in [0.2, 0.25) is 0 Å². The number of ether oxygens (including phenoxy) is 1. The molecule has 6 rings (SSSR count).